The summed E-state index contributed by atoms with van der Waals surface area (Å²) in [5.74, 6) is 1.47. The summed E-state index contributed by atoms with van der Waals surface area (Å²) in [4.78, 5) is 27.8. The number of halogens is 1. The number of aromatic amines is 1. The van der Waals surface area contributed by atoms with Crippen molar-refractivity contribution < 1.29 is 17.9 Å². The van der Waals surface area contributed by atoms with E-state index < -0.39 is 22.2 Å². The highest BCUT2D eigenvalue weighted by Gasteiger charge is 2.29. The first kappa shape index (κ1) is 23.8. The molecule has 1 aliphatic carbocycles. The van der Waals surface area contributed by atoms with Gasteiger partial charge in [-0.05, 0) is 31.9 Å². The van der Waals surface area contributed by atoms with E-state index in [1.807, 2.05) is 0 Å². The Morgan fingerprint density at radius 3 is 2.76 bits per heavy atom. The summed E-state index contributed by atoms with van der Waals surface area (Å²) in [5, 5.41) is 3.24. The number of nitrogens with zero attached hydrogens (tertiary/aromatic N) is 3. The van der Waals surface area contributed by atoms with E-state index in [4.69, 9.17) is 27.1 Å². The molecule has 1 aliphatic rings. The molecule has 0 radical (unpaired) electrons. The first-order valence-electron chi connectivity index (χ1n) is 10.5. The molecular weight excluding hydrogens is 482 g/mol. The van der Waals surface area contributed by atoms with Gasteiger partial charge in [0, 0.05) is 17.7 Å². The Bertz CT molecular complexity index is 1320. The molecule has 0 spiro atoms. The van der Waals surface area contributed by atoms with Crippen LogP contribution in [0.3, 0.4) is 0 Å². The standard InChI is InChI=1S/C21H24ClN7O4S/c1-11(33-20(23)30)10-25-21-24-9-8-15(26-21)18-17(27-19(28-18)12-6-7-12)13-4-3-5-14(16(13)22)29-34(2,31)32/h3-5,8-9,11-12,29H,6-7,10H2,1-2H3,(H2,23,30)(H,27,28)(H,24,25,26). The van der Waals surface area contributed by atoms with Gasteiger partial charge in [0.2, 0.25) is 16.0 Å². The predicted octanol–water partition coefficient (Wildman–Crippen LogP) is 3.33. The van der Waals surface area contributed by atoms with Gasteiger partial charge >= 0.3 is 6.09 Å². The monoisotopic (exact) mass is 505 g/mol. The van der Waals surface area contributed by atoms with Crippen LogP contribution >= 0.6 is 11.6 Å². The molecule has 2 heterocycles. The molecule has 1 fully saturated rings. The van der Waals surface area contributed by atoms with Crippen molar-refractivity contribution in [2.75, 3.05) is 22.8 Å². The van der Waals surface area contributed by atoms with Crippen molar-refractivity contribution in [2.24, 2.45) is 5.73 Å². The van der Waals surface area contributed by atoms with Gasteiger partial charge < -0.3 is 20.8 Å². The molecule has 3 aromatic rings. The van der Waals surface area contributed by atoms with Gasteiger partial charge in [0.15, 0.2) is 0 Å². The molecule has 13 heteroatoms. The van der Waals surface area contributed by atoms with E-state index >= 15 is 0 Å². The van der Waals surface area contributed by atoms with Crippen LogP contribution in [0.5, 0.6) is 0 Å². The third-order valence-electron chi connectivity index (χ3n) is 5.01. The van der Waals surface area contributed by atoms with Crippen LogP contribution in [0.4, 0.5) is 16.4 Å². The van der Waals surface area contributed by atoms with E-state index in [9.17, 15) is 13.2 Å². The molecule has 0 aliphatic heterocycles. The van der Waals surface area contributed by atoms with Gasteiger partial charge in [0.25, 0.3) is 0 Å². The number of aromatic nitrogens is 4. The largest absolute Gasteiger partial charge is 0.445 e. The second-order valence-electron chi connectivity index (χ2n) is 8.06. The molecule has 0 bridgehead atoms. The fourth-order valence-electron chi connectivity index (χ4n) is 3.37. The maximum Gasteiger partial charge on any atom is 0.404 e. The number of sulfonamides is 1. The quantitative estimate of drug-likeness (QED) is 0.343. The highest BCUT2D eigenvalue weighted by Crippen LogP contribution is 2.43. The van der Waals surface area contributed by atoms with E-state index in [-0.39, 0.29) is 17.3 Å². The van der Waals surface area contributed by atoms with Crippen molar-refractivity contribution in [1.82, 2.24) is 19.9 Å². The van der Waals surface area contributed by atoms with E-state index in [1.54, 1.807) is 37.4 Å². The van der Waals surface area contributed by atoms with Crippen molar-refractivity contribution in [3.05, 3.63) is 41.3 Å². The SMILES string of the molecule is CC(CNc1nccc(-c2[nH]c(C3CC3)nc2-c2cccc(NS(C)(=O)=O)c2Cl)n1)OC(N)=O. The summed E-state index contributed by atoms with van der Waals surface area (Å²) < 4.78 is 30.8. The van der Waals surface area contributed by atoms with Gasteiger partial charge in [0.1, 0.15) is 11.9 Å². The van der Waals surface area contributed by atoms with Gasteiger partial charge in [-0.1, -0.05) is 23.7 Å². The maximum atomic E-state index is 11.7. The second kappa shape index (κ2) is 9.47. The average Bonchev–Trinajstić information content (AvgIpc) is 3.51. The molecule has 1 aromatic carbocycles. The molecule has 5 N–H and O–H groups in total. The Hall–Kier alpha value is -3.38. The van der Waals surface area contributed by atoms with E-state index in [2.05, 4.69) is 25.0 Å². The third kappa shape index (κ3) is 5.75. The van der Waals surface area contributed by atoms with Crippen molar-refractivity contribution in [3.8, 4) is 22.6 Å². The third-order valence-corrected chi connectivity index (χ3v) is 6.01. The first-order chi connectivity index (χ1) is 16.1. The lowest BCUT2D eigenvalue weighted by Crippen LogP contribution is -2.26. The lowest BCUT2D eigenvalue weighted by atomic mass is 10.1. The van der Waals surface area contributed by atoms with Crippen LogP contribution in [-0.4, -0.2) is 53.4 Å². The van der Waals surface area contributed by atoms with Crippen molar-refractivity contribution in [3.63, 3.8) is 0 Å². The maximum absolute atomic E-state index is 11.7. The minimum atomic E-state index is -3.52. The van der Waals surface area contributed by atoms with Crippen LogP contribution in [0, 0.1) is 0 Å². The van der Waals surface area contributed by atoms with Crippen LogP contribution in [0.1, 0.15) is 31.5 Å². The second-order valence-corrected chi connectivity index (χ2v) is 10.2. The molecule has 4 rings (SSSR count). The van der Waals surface area contributed by atoms with E-state index in [0.29, 0.717) is 34.5 Å². The lowest BCUT2D eigenvalue weighted by Gasteiger charge is -2.13. The molecule has 1 atom stereocenters. The van der Waals surface area contributed by atoms with Gasteiger partial charge in [-0.2, -0.15) is 0 Å². The summed E-state index contributed by atoms with van der Waals surface area (Å²) in [6, 6.07) is 6.80. The number of anilines is 2. The number of nitrogens with one attached hydrogen (secondary N) is 3. The minimum absolute atomic E-state index is 0.229. The summed E-state index contributed by atoms with van der Waals surface area (Å²) in [6.45, 7) is 1.95. The van der Waals surface area contributed by atoms with E-state index in [1.165, 1.54) is 0 Å². The topological polar surface area (TPSA) is 165 Å². The van der Waals surface area contributed by atoms with Crippen LogP contribution in [-0.2, 0) is 14.8 Å². The number of primary amides is 1. The highest BCUT2D eigenvalue weighted by molar-refractivity contribution is 7.92. The lowest BCUT2D eigenvalue weighted by molar-refractivity contribution is 0.122. The Balaban J connectivity index is 1.70. The number of hydrogen-bond acceptors (Lipinski definition) is 8. The number of amides is 1. The molecule has 2 aromatic heterocycles. The number of rotatable bonds is 9. The molecular formula is C21H24ClN7O4S. The van der Waals surface area contributed by atoms with Gasteiger partial charge in [-0.3, -0.25) is 4.72 Å². The predicted molar refractivity (Wildman–Crippen MR) is 129 cm³/mol. The Morgan fingerprint density at radius 1 is 1.32 bits per heavy atom. The number of carbonyl (C=O) groups is 1. The molecule has 11 nitrogen and oxygen atoms in total. The fraction of sp³-hybridized carbons (Fsp3) is 0.333. The number of benzene rings is 1. The summed E-state index contributed by atoms with van der Waals surface area (Å²) >= 11 is 6.59. The number of imidazole rings is 1. The highest BCUT2D eigenvalue weighted by atomic mass is 35.5. The Labute approximate surface area is 201 Å². The number of carbonyl (C=O) groups excluding carboxylic acids is 1. The summed E-state index contributed by atoms with van der Waals surface area (Å²) in [5.41, 5.74) is 7.61. The number of ether oxygens (including phenoxy) is 1. The molecule has 1 amide bonds. The van der Waals surface area contributed by atoms with Crippen LogP contribution in [0.2, 0.25) is 5.02 Å². The van der Waals surface area contributed by atoms with Crippen LogP contribution in [0.25, 0.3) is 22.6 Å². The number of nitrogens with two attached hydrogens (primary N) is 1. The van der Waals surface area contributed by atoms with Crippen molar-refractivity contribution in [1.29, 1.82) is 0 Å². The average molecular weight is 506 g/mol. The zero-order valence-electron chi connectivity index (χ0n) is 18.5. The molecule has 180 valence electrons. The smallest absolute Gasteiger partial charge is 0.404 e. The van der Waals surface area contributed by atoms with Crippen LogP contribution in [0.15, 0.2) is 30.5 Å². The first-order valence-corrected chi connectivity index (χ1v) is 12.8. The van der Waals surface area contributed by atoms with Crippen molar-refractivity contribution in [2.45, 2.75) is 31.8 Å². The molecule has 34 heavy (non-hydrogen) atoms. The van der Waals surface area contributed by atoms with Gasteiger partial charge in [0.05, 0.1) is 40.6 Å². The normalized spacial score (nSPS) is 14.4. The molecule has 1 unspecified atom stereocenters. The van der Waals surface area contributed by atoms with Crippen LogP contribution < -0.4 is 15.8 Å². The number of hydrogen-bond donors (Lipinski definition) is 4. The summed E-state index contributed by atoms with van der Waals surface area (Å²) in [7, 11) is -3.52. The van der Waals surface area contributed by atoms with Gasteiger partial charge in [-0.15, -0.1) is 0 Å². The zero-order valence-corrected chi connectivity index (χ0v) is 20.1. The summed E-state index contributed by atoms with van der Waals surface area (Å²) in [6.07, 6.45) is 3.38. The van der Waals surface area contributed by atoms with Gasteiger partial charge in [-0.25, -0.2) is 28.2 Å². The fourth-order valence-corrected chi connectivity index (χ4v) is 4.26. The number of H-pyrrole nitrogens is 1. The van der Waals surface area contributed by atoms with Crippen molar-refractivity contribution >= 4 is 39.4 Å². The molecule has 1 saturated carbocycles. The Morgan fingerprint density at radius 2 is 2.09 bits per heavy atom. The molecule has 0 saturated heterocycles. The minimum Gasteiger partial charge on any atom is -0.445 e. The Kier molecular flexibility index (Phi) is 6.62. The zero-order chi connectivity index (χ0) is 24.5. The van der Waals surface area contributed by atoms with E-state index in [0.717, 1.165) is 24.9 Å².